The normalized spacial score (nSPS) is 17.3. The molecule has 0 atom stereocenters. The molecule has 1 amide bonds. The van der Waals surface area contributed by atoms with Crippen molar-refractivity contribution in [2.45, 2.75) is 38.8 Å². The first-order valence-corrected chi connectivity index (χ1v) is 10.8. The molecule has 5 nitrogen and oxygen atoms in total. The molecule has 150 valence electrons. The van der Waals surface area contributed by atoms with Crippen LogP contribution in [0.5, 0.6) is 0 Å². The highest BCUT2D eigenvalue weighted by molar-refractivity contribution is 6.32. The number of halogens is 1. The van der Waals surface area contributed by atoms with Gasteiger partial charge in [0.2, 0.25) is 0 Å². The van der Waals surface area contributed by atoms with E-state index in [-0.39, 0.29) is 5.91 Å². The second kappa shape index (κ2) is 7.82. The molecular formula is C23H25ClN4O. The molecule has 3 N–H and O–H groups in total. The molecule has 0 unspecified atom stereocenters. The van der Waals surface area contributed by atoms with Crippen LogP contribution < -0.4 is 10.7 Å². The standard InChI is InChI=1S/C23H25ClN4O/c24-19-7-6-17(22-18(19)14-25-23(22)29)21-12-16-11-15(5-8-20(16)27-21)13-26-28-9-3-1-2-4-10-28/h5-8,11-12,26-27H,1-4,9-10,13-14H2,(H,25,29). The summed E-state index contributed by atoms with van der Waals surface area (Å²) in [6.45, 7) is 3.57. The summed E-state index contributed by atoms with van der Waals surface area (Å²) in [5.41, 5.74) is 9.33. The summed E-state index contributed by atoms with van der Waals surface area (Å²) in [6.07, 6.45) is 5.21. The number of carbonyl (C=O) groups excluding carboxylic acids is 1. The van der Waals surface area contributed by atoms with Crippen LogP contribution in [0.15, 0.2) is 36.4 Å². The number of hydrogen-bond acceptors (Lipinski definition) is 3. The van der Waals surface area contributed by atoms with E-state index in [4.69, 9.17) is 11.6 Å². The molecule has 3 aromatic rings. The largest absolute Gasteiger partial charge is 0.355 e. The molecule has 0 bridgehead atoms. The van der Waals surface area contributed by atoms with Gasteiger partial charge in [0.1, 0.15) is 0 Å². The number of benzene rings is 2. The Morgan fingerprint density at radius 3 is 2.69 bits per heavy atom. The first-order chi connectivity index (χ1) is 14.2. The number of carbonyl (C=O) groups is 1. The fourth-order valence-electron chi connectivity index (χ4n) is 4.41. The number of fused-ring (bicyclic) bond motifs is 2. The third-order valence-corrected chi connectivity index (χ3v) is 6.35. The predicted octanol–water partition coefficient (Wildman–Crippen LogP) is 4.61. The Balaban J connectivity index is 1.40. The van der Waals surface area contributed by atoms with E-state index in [1.165, 1.54) is 31.2 Å². The van der Waals surface area contributed by atoms with Crippen molar-refractivity contribution in [1.82, 2.24) is 20.7 Å². The van der Waals surface area contributed by atoms with Gasteiger partial charge in [-0.05, 0) is 42.7 Å². The summed E-state index contributed by atoms with van der Waals surface area (Å²) in [4.78, 5) is 15.8. The molecule has 0 radical (unpaired) electrons. The highest BCUT2D eigenvalue weighted by Crippen LogP contribution is 2.34. The average Bonchev–Trinajstić information content (AvgIpc) is 3.22. The van der Waals surface area contributed by atoms with Gasteiger partial charge in [-0.25, -0.2) is 5.01 Å². The minimum Gasteiger partial charge on any atom is -0.355 e. The minimum absolute atomic E-state index is 0.0569. The zero-order valence-corrected chi connectivity index (χ0v) is 17.1. The van der Waals surface area contributed by atoms with Crippen LogP contribution in [0.25, 0.3) is 22.2 Å². The topological polar surface area (TPSA) is 60.2 Å². The van der Waals surface area contributed by atoms with Crippen molar-refractivity contribution in [1.29, 1.82) is 0 Å². The van der Waals surface area contributed by atoms with E-state index in [0.717, 1.165) is 47.4 Å². The summed E-state index contributed by atoms with van der Waals surface area (Å²) >= 11 is 6.29. The van der Waals surface area contributed by atoms with Crippen molar-refractivity contribution in [2.24, 2.45) is 0 Å². The number of amides is 1. The van der Waals surface area contributed by atoms with Crippen LogP contribution in [0.1, 0.15) is 47.2 Å². The number of rotatable bonds is 4. The van der Waals surface area contributed by atoms with E-state index in [1.54, 1.807) is 0 Å². The van der Waals surface area contributed by atoms with Crippen LogP contribution in [-0.2, 0) is 13.1 Å². The highest BCUT2D eigenvalue weighted by atomic mass is 35.5. The van der Waals surface area contributed by atoms with Crippen LogP contribution in [0, 0.1) is 0 Å². The fraction of sp³-hybridized carbons (Fsp3) is 0.348. The van der Waals surface area contributed by atoms with E-state index in [0.29, 0.717) is 17.1 Å². The fourth-order valence-corrected chi connectivity index (χ4v) is 4.63. The maximum absolute atomic E-state index is 12.3. The Kier molecular flexibility index (Phi) is 5.04. The zero-order chi connectivity index (χ0) is 19.8. The lowest BCUT2D eigenvalue weighted by atomic mass is 10.0. The third kappa shape index (κ3) is 3.66. The van der Waals surface area contributed by atoms with Gasteiger partial charge in [0.05, 0.1) is 5.56 Å². The number of H-pyrrole nitrogens is 1. The molecule has 6 heteroatoms. The number of aromatic amines is 1. The molecule has 2 aliphatic heterocycles. The van der Waals surface area contributed by atoms with Gasteiger partial charge in [-0.2, -0.15) is 0 Å². The lowest BCUT2D eigenvalue weighted by molar-refractivity contribution is 0.0966. The summed E-state index contributed by atoms with van der Waals surface area (Å²) in [7, 11) is 0. The lowest BCUT2D eigenvalue weighted by Gasteiger charge is -2.21. The van der Waals surface area contributed by atoms with Crippen molar-refractivity contribution in [2.75, 3.05) is 13.1 Å². The van der Waals surface area contributed by atoms with E-state index in [2.05, 4.69) is 45.0 Å². The van der Waals surface area contributed by atoms with E-state index < -0.39 is 0 Å². The van der Waals surface area contributed by atoms with Crippen molar-refractivity contribution < 1.29 is 4.79 Å². The molecule has 1 aromatic heterocycles. The van der Waals surface area contributed by atoms with Crippen LogP contribution in [-0.4, -0.2) is 29.0 Å². The first-order valence-electron chi connectivity index (χ1n) is 10.4. The lowest BCUT2D eigenvalue weighted by Crippen LogP contribution is -2.38. The Morgan fingerprint density at radius 2 is 1.86 bits per heavy atom. The molecule has 1 fully saturated rings. The maximum Gasteiger partial charge on any atom is 0.252 e. The minimum atomic E-state index is -0.0569. The molecular weight excluding hydrogens is 384 g/mol. The van der Waals surface area contributed by atoms with Gasteiger partial charge >= 0.3 is 0 Å². The predicted molar refractivity (Wildman–Crippen MR) is 117 cm³/mol. The Labute approximate surface area is 175 Å². The molecule has 2 aromatic carbocycles. The maximum atomic E-state index is 12.3. The zero-order valence-electron chi connectivity index (χ0n) is 16.4. The van der Waals surface area contributed by atoms with Crippen molar-refractivity contribution in [3.8, 4) is 11.3 Å². The van der Waals surface area contributed by atoms with Crippen molar-refractivity contribution >= 4 is 28.4 Å². The summed E-state index contributed by atoms with van der Waals surface area (Å²) in [5.74, 6) is -0.0569. The van der Waals surface area contributed by atoms with Crippen molar-refractivity contribution in [3.63, 3.8) is 0 Å². The third-order valence-electron chi connectivity index (χ3n) is 6.00. The van der Waals surface area contributed by atoms with Crippen LogP contribution >= 0.6 is 11.6 Å². The molecule has 29 heavy (non-hydrogen) atoms. The number of aromatic nitrogens is 1. The Morgan fingerprint density at radius 1 is 1.03 bits per heavy atom. The van der Waals surface area contributed by atoms with Crippen molar-refractivity contribution in [3.05, 3.63) is 58.1 Å². The monoisotopic (exact) mass is 408 g/mol. The summed E-state index contributed by atoms with van der Waals surface area (Å²) in [6, 6.07) is 12.4. The van der Waals surface area contributed by atoms with Gasteiger partial charge in [0.25, 0.3) is 5.91 Å². The summed E-state index contributed by atoms with van der Waals surface area (Å²) in [5, 5.41) is 7.03. The van der Waals surface area contributed by atoms with Crippen LogP contribution in [0.2, 0.25) is 5.02 Å². The Hall–Kier alpha value is -2.34. The first kappa shape index (κ1) is 18.7. The van der Waals surface area contributed by atoms with Gasteiger partial charge < -0.3 is 10.3 Å². The SMILES string of the molecule is O=C1NCc2c(Cl)ccc(-c3cc4cc(CNN5CCCCCC5)ccc4[nH]3)c21. The Bertz CT molecular complexity index is 1070. The molecule has 1 saturated heterocycles. The molecule has 2 aliphatic rings. The van der Waals surface area contributed by atoms with Gasteiger partial charge in [-0.3, -0.25) is 10.2 Å². The van der Waals surface area contributed by atoms with Gasteiger partial charge in [0, 0.05) is 58.9 Å². The van der Waals surface area contributed by atoms with E-state index in [9.17, 15) is 4.79 Å². The molecule has 0 saturated carbocycles. The van der Waals surface area contributed by atoms with Gasteiger partial charge in [-0.15, -0.1) is 0 Å². The van der Waals surface area contributed by atoms with E-state index in [1.807, 2.05) is 12.1 Å². The highest BCUT2D eigenvalue weighted by Gasteiger charge is 2.26. The molecule has 0 spiro atoms. The van der Waals surface area contributed by atoms with Crippen LogP contribution in [0.4, 0.5) is 0 Å². The number of nitrogens with one attached hydrogen (secondary N) is 3. The second-order valence-corrected chi connectivity index (χ2v) is 8.38. The molecule has 0 aliphatic carbocycles. The van der Waals surface area contributed by atoms with Crippen LogP contribution in [0.3, 0.4) is 0 Å². The molecule has 5 rings (SSSR count). The van der Waals surface area contributed by atoms with E-state index >= 15 is 0 Å². The summed E-state index contributed by atoms with van der Waals surface area (Å²) < 4.78 is 0. The quantitative estimate of drug-likeness (QED) is 0.590. The smallest absolute Gasteiger partial charge is 0.252 e. The number of hydrogen-bond donors (Lipinski definition) is 3. The number of nitrogens with zero attached hydrogens (tertiary/aromatic N) is 1. The number of hydrazine groups is 1. The van der Waals surface area contributed by atoms with Gasteiger partial charge in [-0.1, -0.05) is 36.6 Å². The average molecular weight is 409 g/mol. The van der Waals surface area contributed by atoms with Gasteiger partial charge in [0.15, 0.2) is 0 Å². The second-order valence-electron chi connectivity index (χ2n) is 7.97. The molecule has 3 heterocycles.